The normalized spacial score (nSPS) is 10.6. The number of amides is 1. The molecule has 0 unspecified atom stereocenters. The maximum atomic E-state index is 13.6. The van der Waals surface area contributed by atoms with Gasteiger partial charge in [0.15, 0.2) is 0 Å². The van der Waals surface area contributed by atoms with Crippen LogP contribution in [0.2, 0.25) is 0 Å². The van der Waals surface area contributed by atoms with Crippen molar-refractivity contribution in [3.63, 3.8) is 0 Å². The summed E-state index contributed by atoms with van der Waals surface area (Å²) in [7, 11) is 0. The largest absolute Gasteiger partial charge is 0.305 e. The van der Waals surface area contributed by atoms with Crippen molar-refractivity contribution in [3.8, 4) is 0 Å². The van der Waals surface area contributed by atoms with E-state index < -0.39 is 33.7 Å². The van der Waals surface area contributed by atoms with Crippen LogP contribution >= 0.6 is 0 Å². The molecule has 0 atom stereocenters. The molecule has 1 amide bonds. The van der Waals surface area contributed by atoms with Crippen LogP contribution in [-0.4, -0.2) is 17.4 Å². The van der Waals surface area contributed by atoms with Crippen LogP contribution < -0.4 is 5.48 Å². The summed E-state index contributed by atoms with van der Waals surface area (Å²) in [6, 6.07) is 1.30. The van der Waals surface area contributed by atoms with E-state index in [2.05, 4.69) is 0 Å². The molecule has 6 nitrogen and oxygen atoms in total. The number of benzene rings is 1. The number of carbonyl (C=O) groups is 1. The van der Waals surface area contributed by atoms with Crippen molar-refractivity contribution >= 4 is 11.6 Å². The van der Waals surface area contributed by atoms with Crippen molar-refractivity contribution in [1.82, 2.24) is 5.48 Å². The Bertz CT molecular complexity index is 506. The molecule has 0 saturated carbocycles. The summed E-state index contributed by atoms with van der Waals surface area (Å²) in [5.74, 6) is -3.84. The predicted molar refractivity (Wildman–Crippen MR) is 61.3 cm³/mol. The van der Waals surface area contributed by atoms with E-state index in [4.69, 9.17) is 4.84 Å². The number of halogens is 2. The van der Waals surface area contributed by atoms with Crippen LogP contribution in [0.3, 0.4) is 0 Å². The first-order valence-electron chi connectivity index (χ1n) is 5.39. The first-order chi connectivity index (χ1) is 8.84. The number of hydroxylamine groups is 1. The van der Waals surface area contributed by atoms with Gasteiger partial charge in [-0.1, -0.05) is 13.8 Å². The van der Waals surface area contributed by atoms with Gasteiger partial charge >= 0.3 is 5.69 Å². The van der Waals surface area contributed by atoms with Crippen LogP contribution in [-0.2, 0) is 4.84 Å². The SMILES string of the molecule is CC(C)CONC(=O)c1c(F)ccc([N+](=O)[O-])c1F. The highest BCUT2D eigenvalue weighted by Gasteiger charge is 2.26. The number of carbonyl (C=O) groups excluding carboxylic acids is 1. The highest BCUT2D eigenvalue weighted by molar-refractivity contribution is 5.94. The summed E-state index contributed by atoms with van der Waals surface area (Å²) in [4.78, 5) is 25.7. The van der Waals surface area contributed by atoms with Gasteiger partial charge in [-0.05, 0) is 12.0 Å². The minimum absolute atomic E-state index is 0.0973. The van der Waals surface area contributed by atoms with Gasteiger partial charge in [0, 0.05) is 6.07 Å². The Morgan fingerprint density at radius 2 is 2.11 bits per heavy atom. The van der Waals surface area contributed by atoms with Crippen molar-refractivity contribution in [1.29, 1.82) is 0 Å². The Balaban J connectivity index is 2.96. The molecule has 1 rings (SSSR count). The van der Waals surface area contributed by atoms with Crippen LogP contribution in [0.5, 0.6) is 0 Å². The third kappa shape index (κ3) is 3.68. The lowest BCUT2D eigenvalue weighted by Crippen LogP contribution is -2.27. The summed E-state index contributed by atoms with van der Waals surface area (Å²) >= 11 is 0. The topological polar surface area (TPSA) is 81.5 Å². The highest BCUT2D eigenvalue weighted by atomic mass is 19.1. The maximum Gasteiger partial charge on any atom is 0.305 e. The van der Waals surface area contributed by atoms with Gasteiger partial charge in [-0.15, -0.1) is 0 Å². The molecule has 0 aliphatic carbocycles. The molecule has 104 valence electrons. The third-order valence-corrected chi connectivity index (χ3v) is 2.08. The van der Waals surface area contributed by atoms with E-state index in [-0.39, 0.29) is 12.5 Å². The Labute approximate surface area is 107 Å². The monoisotopic (exact) mass is 274 g/mol. The van der Waals surface area contributed by atoms with Crippen LogP contribution in [0.25, 0.3) is 0 Å². The predicted octanol–water partition coefficient (Wildman–Crippen LogP) is 2.19. The number of hydrogen-bond donors (Lipinski definition) is 1. The molecule has 19 heavy (non-hydrogen) atoms. The minimum atomic E-state index is -1.53. The number of nitro groups is 1. The average molecular weight is 274 g/mol. The first kappa shape index (κ1) is 15.0. The lowest BCUT2D eigenvalue weighted by Gasteiger charge is -2.09. The highest BCUT2D eigenvalue weighted by Crippen LogP contribution is 2.22. The number of nitrogens with zero attached hydrogens (tertiary/aromatic N) is 1. The molecular weight excluding hydrogens is 262 g/mol. The minimum Gasteiger partial charge on any atom is -0.273 e. The van der Waals surface area contributed by atoms with Crippen molar-refractivity contribution in [2.45, 2.75) is 13.8 Å². The summed E-state index contributed by atoms with van der Waals surface area (Å²) in [5.41, 5.74) is -0.183. The second-order valence-electron chi connectivity index (χ2n) is 4.15. The Morgan fingerprint density at radius 1 is 1.47 bits per heavy atom. The first-order valence-corrected chi connectivity index (χ1v) is 5.39. The lowest BCUT2D eigenvalue weighted by atomic mass is 10.1. The summed E-state index contributed by atoms with van der Waals surface area (Å²) in [5, 5.41) is 10.5. The molecule has 0 bridgehead atoms. The maximum absolute atomic E-state index is 13.6. The molecule has 0 radical (unpaired) electrons. The Hall–Kier alpha value is -2.09. The fourth-order valence-corrected chi connectivity index (χ4v) is 1.22. The van der Waals surface area contributed by atoms with E-state index in [1.165, 1.54) is 0 Å². The zero-order valence-corrected chi connectivity index (χ0v) is 10.3. The molecule has 0 aliphatic rings. The van der Waals surface area contributed by atoms with E-state index >= 15 is 0 Å². The van der Waals surface area contributed by atoms with Crippen LogP contribution in [0.15, 0.2) is 12.1 Å². The van der Waals surface area contributed by atoms with E-state index in [0.29, 0.717) is 12.1 Å². The van der Waals surface area contributed by atoms with Gasteiger partial charge in [0.05, 0.1) is 11.5 Å². The van der Waals surface area contributed by atoms with E-state index in [9.17, 15) is 23.7 Å². The van der Waals surface area contributed by atoms with Gasteiger partial charge in [0.2, 0.25) is 5.82 Å². The standard InChI is InChI=1S/C11H12F2N2O4/c1-6(2)5-19-14-11(16)9-7(12)3-4-8(10(9)13)15(17)18/h3-4,6H,5H2,1-2H3,(H,14,16). The van der Waals surface area contributed by atoms with E-state index in [1.807, 2.05) is 5.48 Å². The van der Waals surface area contributed by atoms with Gasteiger partial charge in [0.1, 0.15) is 11.4 Å². The fraction of sp³-hybridized carbons (Fsp3) is 0.364. The fourth-order valence-electron chi connectivity index (χ4n) is 1.22. The van der Waals surface area contributed by atoms with Gasteiger partial charge in [-0.3, -0.25) is 19.7 Å². The van der Waals surface area contributed by atoms with Gasteiger partial charge in [-0.2, -0.15) is 4.39 Å². The number of hydrogen-bond acceptors (Lipinski definition) is 4. The van der Waals surface area contributed by atoms with Gasteiger partial charge in [0.25, 0.3) is 5.91 Å². The molecule has 0 aromatic heterocycles. The van der Waals surface area contributed by atoms with Crippen LogP contribution in [0.4, 0.5) is 14.5 Å². The third-order valence-electron chi connectivity index (χ3n) is 2.08. The number of rotatable bonds is 5. The molecule has 1 N–H and O–H groups in total. The van der Waals surface area contributed by atoms with E-state index in [0.717, 1.165) is 0 Å². The second kappa shape index (κ2) is 6.19. The number of nitrogens with one attached hydrogen (secondary N) is 1. The molecule has 8 heteroatoms. The van der Waals surface area contributed by atoms with Gasteiger partial charge < -0.3 is 0 Å². The van der Waals surface area contributed by atoms with E-state index in [1.54, 1.807) is 13.8 Å². The van der Waals surface area contributed by atoms with Crippen molar-refractivity contribution in [3.05, 3.63) is 39.4 Å². The molecule has 0 heterocycles. The van der Waals surface area contributed by atoms with Crippen molar-refractivity contribution < 1.29 is 23.3 Å². The summed E-state index contributed by atoms with van der Waals surface area (Å²) in [6.45, 7) is 3.76. The number of nitro benzene ring substituents is 1. The molecule has 0 saturated heterocycles. The zero-order valence-electron chi connectivity index (χ0n) is 10.3. The van der Waals surface area contributed by atoms with Crippen molar-refractivity contribution in [2.75, 3.05) is 6.61 Å². The summed E-state index contributed by atoms with van der Waals surface area (Å²) < 4.78 is 27.0. The van der Waals surface area contributed by atoms with Crippen LogP contribution in [0.1, 0.15) is 24.2 Å². The molecule has 0 fully saturated rings. The lowest BCUT2D eigenvalue weighted by molar-refractivity contribution is -0.387. The average Bonchev–Trinajstić information content (AvgIpc) is 2.27. The zero-order chi connectivity index (χ0) is 14.6. The van der Waals surface area contributed by atoms with Crippen molar-refractivity contribution in [2.24, 2.45) is 5.92 Å². The molecule has 1 aromatic rings. The molecule has 1 aromatic carbocycles. The van der Waals surface area contributed by atoms with Crippen LogP contribution in [0, 0.1) is 27.7 Å². The molecule has 0 spiro atoms. The van der Waals surface area contributed by atoms with Gasteiger partial charge in [-0.25, -0.2) is 9.87 Å². The second-order valence-corrected chi connectivity index (χ2v) is 4.15. The quantitative estimate of drug-likeness (QED) is 0.659. The Morgan fingerprint density at radius 3 is 2.63 bits per heavy atom. The smallest absolute Gasteiger partial charge is 0.273 e. The molecule has 0 aliphatic heterocycles. The Kier molecular flexibility index (Phi) is 4.87. The molecular formula is C11H12F2N2O4. The summed E-state index contributed by atoms with van der Waals surface area (Å²) in [6.07, 6.45) is 0.